The Bertz CT molecular complexity index is 399. The van der Waals surface area contributed by atoms with E-state index in [1.165, 1.54) is 0 Å². The van der Waals surface area contributed by atoms with Crippen LogP contribution in [0.25, 0.3) is 0 Å². The maximum absolute atomic E-state index is 11.0. The molecule has 0 saturated carbocycles. The average molecular weight is 281 g/mol. The second-order valence-corrected chi connectivity index (χ2v) is 4.24. The molecular weight excluding hydrogens is 258 g/mol. The molecule has 0 atom stereocenters. The number of carboxylic acids is 1. The van der Waals surface area contributed by atoms with Gasteiger partial charge in [-0.05, 0) is 32.0 Å². The first kappa shape index (κ1) is 16.5. The van der Waals surface area contributed by atoms with Crippen molar-refractivity contribution in [1.29, 1.82) is 0 Å². The third kappa shape index (κ3) is 5.59. The smallest absolute Gasteiger partial charge is 0.335 e. The van der Waals surface area contributed by atoms with Gasteiger partial charge in [-0.25, -0.2) is 4.79 Å². The van der Waals surface area contributed by atoms with Crippen molar-refractivity contribution in [3.8, 4) is 0 Å². The van der Waals surface area contributed by atoms with Crippen LogP contribution in [-0.2, 0) is 9.47 Å². The Labute approximate surface area is 120 Å². The fraction of sp³-hybridized carbons (Fsp3) is 0.533. The van der Waals surface area contributed by atoms with Crippen LogP contribution in [0, 0.1) is 0 Å². The molecule has 0 heterocycles. The first-order valence-corrected chi connectivity index (χ1v) is 6.92. The number of hydrogen-bond donors (Lipinski definition) is 1. The van der Waals surface area contributed by atoms with Gasteiger partial charge in [0, 0.05) is 32.0 Å². The van der Waals surface area contributed by atoms with Crippen LogP contribution in [0.1, 0.15) is 24.2 Å². The van der Waals surface area contributed by atoms with E-state index in [4.69, 9.17) is 14.6 Å². The molecule has 1 rings (SSSR count). The predicted octanol–water partition coefficient (Wildman–Crippen LogP) is 2.26. The Morgan fingerprint density at radius 2 is 1.75 bits per heavy atom. The van der Waals surface area contributed by atoms with Crippen molar-refractivity contribution < 1.29 is 19.4 Å². The van der Waals surface area contributed by atoms with Gasteiger partial charge in [-0.1, -0.05) is 6.07 Å². The highest BCUT2D eigenvalue weighted by Gasteiger charge is 2.09. The Morgan fingerprint density at radius 1 is 1.15 bits per heavy atom. The van der Waals surface area contributed by atoms with Crippen LogP contribution in [0.15, 0.2) is 24.3 Å². The van der Waals surface area contributed by atoms with Gasteiger partial charge in [-0.3, -0.25) is 0 Å². The molecule has 0 aromatic heterocycles. The van der Waals surface area contributed by atoms with Crippen LogP contribution in [0.3, 0.4) is 0 Å². The van der Waals surface area contributed by atoms with E-state index >= 15 is 0 Å². The number of aromatic carboxylic acids is 1. The summed E-state index contributed by atoms with van der Waals surface area (Å²) in [5.41, 5.74) is 1.17. The summed E-state index contributed by atoms with van der Waals surface area (Å²) in [6.07, 6.45) is 0. The van der Waals surface area contributed by atoms with E-state index in [9.17, 15) is 4.79 Å². The van der Waals surface area contributed by atoms with Crippen LogP contribution < -0.4 is 4.90 Å². The molecule has 0 amide bonds. The Kier molecular flexibility index (Phi) is 7.69. The zero-order valence-electron chi connectivity index (χ0n) is 12.2. The molecule has 5 heteroatoms. The molecule has 5 nitrogen and oxygen atoms in total. The maximum Gasteiger partial charge on any atom is 0.335 e. The third-order valence-corrected chi connectivity index (χ3v) is 2.88. The zero-order valence-corrected chi connectivity index (χ0v) is 12.2. The van der Waals surface area contributed by atoms with Crippen LogP contribution in [0.5, 0.6) is 0 Å². The van der Waals surface area contributed by atoms with Crippen molar-refractivity contribution in [1.82, 2.24) is 0 Å². The molecule has 0 spiro atoms. The van der Waals surface area contributed by atoms with Gasteiger partial charge in [-0.15, -0.1) is 0 Å². The van der Waals surface area contributed by atoms with Gasteiger partial charge < -0.3 is 19.5 Å². The maximum atomic E-state index is 11.0. The monoisotopic (exact) mass is 281 g/mol. The van der Waals surface area contributed by atoms with Gasteiger partial charge in [0.1, 0.15) is 0 Å². The first-order valence-electron chi connectivity index (χ1n) is 6.92. The molecule has 0 unspecified atom stereocenters. The molecule has 0 bridgehead atoms. The number of carbonyl (C=O) groups is 1. The van der Waals surface area contributed by atoms with Gasteiger partial charge in [0.05, 0.1) is 18.8 Å². The Hall–Kier alpha value is -1.59. The summed E-state index contributed by atoms with van der Waals surface area (Å²) in [4.78, 5) is 13.1. The third-order valence-electron chi connectivity index (χ3n) is 2.88. The highest BCUT2D eigenvalue weighted by atomic mass is 16.5. The van der Waals surface area contributed by atoms with E-state index < -0.39 is 5.97 Å². The summed E-state index contributed by atoms with van der Waals surface area (Å²) in [6.45, 7) is 7.90. The lowest BCUT2D eigenvalue weighted by molar-refractivity contribution is 0.0697. The minimum atomic E-state index is -0.915. The summed E-state index contributed by atoms with van der Waals surface area (Å²) >= 11 is 0. The quantitative estimate of drug-likeness (QED) is 0.667. The molecular formula is C15H23NO4. The lowest BCUT2D eigenvalue weighted by atomic mass is 10.2. The van der Waals surface area contributed by atoms with E-state index in [1.807, 2.05) is 19.9 Å². The summed E-state index contributed by atoms with van der Waals surface area (Å²) in [5, 5.41) is 9.05. The number of hydrogen-bond acceptors (Lipinski definition) is 4. The minimum Gasteiger partial charge on any atom is -0.478 e. The standard InChI is InChI=1S/C15H23NO4/c1-3-19-10-8-16(9-11-20-4-2)14-7-5-6-13(12-14)15(17)18/h5-7,12H,3-4,8-11H2,1-2H3,(H,17,18). The molecule has 1 aromatic rings. The SMILES string of the molecule is CCOCCN(CCOCC)c1cccc(C(=O)O)c1. The molecule has 1 aromatic carbocycles. The van der Waals surface area contributed by atoms with E-state index in [0.717, 1.165) is 5.69 Å². The average Bonchev–Trinajstić information content (AvgIpc) is 2.46. The summed E-state index contributed by atoms with van der Waals surface area (Å²) in [6, 6.07) is 6.94. The van der Waals surface area contributed by atoms with E-state index in [0.29, 0.717) is 45.1 Å². The van der Waals surface area contributed by atoms with Crippen LogP contribution in [-0.4, -0.2) is 50.6 Å². The topological polar surface area (TPSA) is 59.0 Å². The summed E-state index contributed by atoms with van der Waals surface area (Å²) < 4.78 is 10.7. The van der Waals surface area contributed by atoms with E-state index in [-0.39, 0.29) is 0 Å². The van der Waals surface area contributed by atoms with Gasteiger partial charge in [0.25, 0.3) is 0 Å². The molecule has 0 aliphatic heterocycles. The largest absolute Gasteiger partial charge is 0.478 e. The lowest BCUT2D eigenvalue weighted by Gasteiger charge is -2.25. The second-order valence-electron chi connectivity index (χ2n) is 4.24. The van der Waals surface area contributed by atoms with Crippen LogP contribution in [0.4, 0.5) is 5.69 Å². The number of ether oxygens (including phenoxy) is 2. The molecule has 0 aliphatic carbocycles. The van der Waals surface area contributed by atoms with Crippen molar-refractivity contribution >= 4 is 11.7 Å². The normalized spacial score (nSPS) is 10.5. The lowest BCUT2D eigenvalue weighted by Crippen LogP contribution is -2.31. The van der Waals surface area contributed by atoms with Crippen molar-refractivity contribution in [3.63, 3.8) is 0 Å². The van der Waals surface area contributed by atoms with Crippen molar-refractivity contribution in [2.75, 3.05) is 44.4 Å². The Morgan fingerprint density at radius 3 is 2.25 bits per heavy atom. The molecule has 0 aliphatic rings. The van der Waals surface area contributed by atoms with Gasteiger partial charge in [0.2, 0.25) is 0 Å². The summed E-state index contributed by atoms with van der Waals surface area (Å²) in [7, 11) is 0. The van der Waals surface area contributed by atoms with E-state index in [1.54, 1.807) is 18.2 Å². The fourth-order valence-corrected chi connectivity index (χ4v) is 1.84. The number of carboxylic acid groups (broad SMARTS) is 1. The minimum absolute atomic E-state index is 0.292. The predicted molar refractivity (Wildman–Crippen MR) is 78.6 cm³/mol. The van der Waals surface area contributed by atoms with Crippen LogP contribution >= 0.6 is 0 Å². The number of nitrogens with zero attached hydrogens (tertiary/aromatic N) is 1. The second kappa shape index (κ2) is 9.34. The molecule has 112 valence electrons. The van der Waals surface area contributed by atoms with Crippen molar-refractivity contribution in [2.45, 2.75) is 13.8 Å². The van der Waals surface area contributed by atoms with Crippen LogP contribution in [0.2, 0.25) is 0 Å². The summed E-state index contributed by atoms with van der Waals surface area (Å²) in [5.74, 6) is -0.915. The van der Waals surface area contributed by atoms with Gasteiger partial charge in [-0.2, -0.15) is 0 Å². The molecule has 20 heavy (non-hydrogen) atoms. The number of anilines is 1. The first-order chi connectivity index (χ1) is 9.69. The van der Waals surface area contributed by atoms with Gasteiger partial charge in [0.15, 0.2) is 0 Å². The van der Waals surface area contributed by atoms with E-state index in [2.05, 4.69) is 4.90 Å². The number of rotatable bonds is 10. The Balaban J connectivity index is 2.73. The highest BCUT2D eigenvalue weighted by Crippen LogP contribution is 2.16. The van der Waals surface area contributed by atoms with Crippen molar-refractivity contribution in [3.05, 3.63) is 29.8 Å². The van der Waals surface area contributed by atoms with Crippen molar-refractivity contribution in [2.24, 2.45) is 0 Å². The zero-order chi connectivity index (χ0) is 14.8. The molecule has 0 fully saturated rings. The van der Waals surface area contributed by atoms with Gasteiger partial charge >= 0.3 is 5.97 Å². The molecule has 0 saturated heterocycles. The highest BCUT2D eigenvalue weighted by molar-refractivity contribution is 5.88. The molecule has 0 radical (unpaired) electrons. The molecule has 1 N–H and O–H groups in total. The fourth-order valence-electron chi connectivity index (χ4n) is 1.84. The number of benzene rings is 1.